The van der Waals surface area contributed by atoms with E-state index in [-0.39, 0.29) is 0 Å². The van der Waals surface area contributed by atoms with Gasteiger partial charge >= 0.3 is 0 Å². The van der Waals surface area contributed by atoms with Gasteiger partial charge in [-0.3, -0.25) is 0 Å². The van der Waals surface area contributed by atoms with E-state index in [4.69, 9.17) is 0 Å². The smallest absolute Gasteiger partial charge is 0.243 e. The molecule has 16 heavy (non-hydrogen) atoms. The molecule has 2 aromatic rings. The van der Waals surface area contributed by atoms with Crippen molar-refractivity contribution < 1.29 is 0 Å². The van der Waals surface area contributed by atoms with Crippen molar-refractivity contribution in [2.45, 2.75) is 26.8 Å². The first kappa shape index (κ1) is 10.8. The van der Waals surface area contributed by atoms with Crippen molar-refractivity contribution in [2.75, 3.05) is 5.32 Å². The SMILES string of the molecule is CC(C)C(C)Nc1nnc2ccccc2n1. The van der Waals surface area contributed by atoms with E-state index in [1.54, 1.807) is 0 Å². The molecular formula is C12H16N4. The predicted octanol–water partition coefficient (Wildman–Crippen LogP) is 2.48. The predicted molar refractivity (Wildman–Crippen MR) is 65.3 cm³/mol. The molecule has 0 bridgehead atoms. The number of rotatable bonds is 3. The maximum absolute atomic E-state index is 4.41. The van der Waals surface area contributed by atoms with Crippen LogP contribution in [0, 0.1) is 5.92 Å². The Morgan fingerprint density at radius 3 is 2.38 bits per heavy atom. The van der Waals surface area contributed by atoms with Gasteiger partial charge in [0.1, 0.15) is 5.52 Å². The molecule has 0 saturated carbocycles. The minimum Gasteiger partial charge on any atom is -0.350 e. The Kier molecular flexibility index (Phi) is 2.99. The van der Waals surface area contributed by atoms with E-state index in [0.29, 0.717) is 17.9 Å². The van der Waals surface area contributed by atoms with E-state index in [1.165, 1.54) is 0 Å². The maximum atomic E-state index is 4.41. The molecule has 1 atom stereocenters. The molecule has 2 rings (SSSR count). The molecule has 0 aliphatic carbocycles. The van der Waals surface area contributed by atoms with E-state index in [1.807, 2.05) is 24.3 Å². The molecule has 1 aromatic heterocycles. The third-order valence-corrected chi connectivity index (χ3v) is 2.72. The lowest BCUT2D eigenvalue weighted by Crippen LogP contribution is -2.23. The van der Waals surface area contributed by atoms with Crippen LogP contribution in [-0.4, -0.2) is 21.2 Å². The van der Waals surface area contributed by atoms with Crippen LogP contribution >= 0.6 is 0 Å². The third-order valence-electron chi connectivity index (χ3n) is 2.72. The highest BCUT2D eigenvalue weighted by atomic mass is 15.2. The zero-order valence-corrected chi connectivity index (χ0v) is 9.81. The van der Waals surface area contributed by atoms with Crippen LogP contribution in [-0.2, 0) is 0 Å². The number of nitrogens with one attached hydrogen (secondary N) is 1. The van der Waals surface area contributed by atoms with Gasteiger partial charge in [0.2, 0.25) is 5.95 Å². The molecule has 1 N–H and O–H groups in total. The van der Waals surface area contributed by atoms with Crippen LogP contribution in [0.4, 0.5) is 5.95 Å². The highest BCUT2D eigenvalue weighted by molar-refractivity contribution is 5.74. The first-order valence-electron chi connectivity index (χ1n) is 5.53. The summed E-state index contributed by atoms with van der Waals surface area (Å²) in [6.45, 7) is 6.43. The van der Waals surface area contributed by atoms with Crippen LogP contribution in [0.5, 0.6) is 0 Å². The van der Waals surface area contributed by atoms with Crippen LogP contribution in [0.3, 0.4) is 0 Å². The lowest BCUT2D eigenvalue weighted by atomic mass is 10.1. The largest absolute Gasteiger partial charge is 0.350 e. The zero-order chi connectivity index (χ0) is 11.5. The Labute approximate surface area is 95.1 Å². The quantitative estimate of drug-likeness (QED) is 0.856. The number of nitrogens with zero attached hydrogens (tertiary/aromatic N) is 3. The Morgan fingerprint density at radius 2 is 1.69 bits per heavy atom. The van der Waals surface area contributed by atoms with E-state index in [0.717, 1.165) is 11.0 Å². The van der Waals surface area contributed by atoms with Gasteiger partial charge in [-0.15, -0.1) is 10.2 Å². The first-order valence-corrected chi connectivity index (χ1v) is 5.53. The number of para-hydroxylation sites is 1. The van der Waals surface area contributed by atoms with Crippen LogP contribution in [0.2, 0.25) is 0 Å². The van der Waals surface area contributed by atoms with Crippen LogP contribution in [0.1, 0.15) is 20.8 Å². The van der Waals surface area contributed by atoms with Crippen molar-refractivity contribution in [3.8, 4) is 0 Å². The summed E-state index contributed by atoms with van der Waals surface area (Å²) in [6.07, 6.45) is 0. The second kappa shape index (κ2) is 4.43. The summed E-state index contributed by atoms with van der Waals surface area (Å²) in [5.74, 6) is 1.13. The Bertz CT molecular complexity index is 481. The summed E-state index contributed by atoms with van der Waals surface area (Å²) in [5.41, 5.74) is 1.70. The van der Waals surface area contributed by atoms with E-state index in [2.05, 4.69) is 41.3 Å². The van der Waals surface area contributed by atoms with Crippen LogP contribution < -0.4 is 5.32 Å². The maximum Gasteiger partial charge on any atom is 0.243 e. The van der Waals surface area contributed by atoms with E-state index >= 15 is 0 Å². The molecular weight excluding hydrogens is 200 g/mol. The molecule has 84 valence electrons. The average molecular weight is 216 g/mol. The molecule has 1 heterocycles. The molecule has 1 unspecified atom stereocenters. The molecule has 1 aromatic carbocycles. The van der Waals surface area contributed by atoms with Gasteiger partial charge in [-0.05, 0) is 25.0 Å². The third kappa shape index (κ3) is 2.27. The molecule has 0 aliphatic heterocycles. The average Bonchev–Trinajstić information content (AvgIpc) is 2.28. The highest BCUT2D eigenvalue weighted by Gasteiger charge is 2.08. The van der Waals surface area contributed by atoms with Crippen molar-refractivity contribution in [3.63, 3.8) is 0 Å². The van der Waals surface area contributed by atoms with Gasteiger partial charge < -0.3 is 5.32 Å². The van der Waals surface area contributed by atoms with E-state index in [9.17, 15) is 0 Å². The second-order valence-corrected chi connectivity index (χ2v) is 4.30. The van der Waals surface area contributed by atoms with Crippen molar-refractivity contribution in [1.29, 1.82) is 0 Å². The summed E-state index contributed by atoms with van der Waals surface area (Å²) in [6, 6.07) is 8.07. The number of anilines is 1. The number of fused-ring (bicyclic) bond motifs is 1. The topological polar surface area (TPSA) is 50.7 Å². The fourth-order valence-corrected chi connectivity index (χ4v) is 1.31. The van der Waals surface area contributed by atoms with Crippen LogP contribution in [0.25, 0.3) is 11.0 Å². The number of hydrogen-bond acceptors (Lipinski definition) is 4. The molecule has 0 aliphatic rings. The number of benzene rings is 1. The lowest BCUT2D eigenvalue weighted by Gasteiger charge is -2.16. The van der Waals surface area contributed by atoms with Crippen molar-refractivity contribution in [3.05, 3.63) is 24.3 Å². The second-order valence-electron chi connectivity index (χ2n) is 4.30. The monoisotopic (exact) mass is 216 g/mol. The van der Waals surface area contributed by atoms with Crippen molar-refractivity contribution in [1.82, 2.24) is 15.2 Å². The van der Waals surface area contributed by atoms with Gasteiger partial charge in [0, 0.05) is 6.04 Å². The molecule has 4 heteroatoms. The minimum atomic E-state index is 0.336. The van der Waals surface area contributed by atoms with Gasteiger partial charge in [-0.2, -0.15) is 0 Å². The fourth-order valence-electron chi connectivity index (χ4n) is 1.31. The molecule has 0 fully saturated rings. The minimum absolute atomic E-state index is 0.336. The van der Waals surface area contributed by atoms with Gasteiger partial charge in [0.05, 0.1) is 5.52 Å². The first-order chi connectivity index (χ1) is 7.66. The number of hydrogen-bond donors (Lipinski definition) is 1. The van der Waals surface area contributed by atoms with Crippen LogP contribution in [0.15, 0.2) is 24.3 Å². The van der Waals surface area contributed by atoms with Gasteiger partial charge in [0.25, 0.3) is 0 Å². The Balaban J connectivity index is 2.26. The number of aromatic nitrogens is 3. The summed E-state index contributed by atoms with van der Waals surface area (Å²) in [7, 11) is 0. The molecule has 0 amide bonds. The molecule has 0 saturated heterocycles. The van der Waals surface area contributed by atoms with Crippen molar-refractivity contribution in [2.24, 2.45) is 5.92 Å². The highest BCUT2D eigenvalue weighted by Crippen LogP contribution is 2.11. The van der Waals surface area contributed by atoms with E-state index < -0.39 is 0 Å². The molecule has 0 spiro atoms. The summed E-state index contributed by atoms with van der Waals surface area (Å²) < 4.78 is 0. The summed E-state index contributed by atoms with van der Waals surface area (Å²) in [5, 5.41) is 11.4. The molecule has 4 nitrogen and oxygen atoms in total. The molecule has 0 radical (unpaired) electrons. The summed E-state index contributed by atoms with van der Waals surface area (Å²) in [4.78, 5) is 4.41. The standard InChI is InChI=1S/C12H16N4/c1-8(2)9(3)13-12-14-10-6-4-5-7-11(10)15-16-12/h4-9H,1-3H3,(H,13,14,16). The normalized spacial score (nSPS) is 13.0. The Morgan fingerprint density at radius 1 is 1.00 bits per heavy atom. The van der Waals surface area contributed by atoms with Gasteiger partial charge in [0.15, 0.2) is 0 Å². The van der Waals surface area contributed by atoms with Gasteiger partial charge in [-0.25, -0.2) is 4.98 Å². The summed E-state index contributed by atoms with van der Waals surface area (Å²) >= 11 is 0. The fraction of sp³-hybridized carbons (Fsp3) is 0.417. The van der Waals surface area contributed by atoms with Crippen molar-refractivity contribution >= 4 is 17.0 Å². The lowest BCUT2D eigenvalue weighted by molar-refractivity contribution is 0.555. The van der Waals surface area contributed by atoms with Gasteiger partial charge in [-0.1, -0.05) is 26.0 Å². The Hall–Kier alpha value is -1.71. The zero-order valence-electron chi connectivity index (χ0n) is 9.81.